The summed E-state index contributed by atoms with van der Waals surface area (Å²) in [6.45, 7) is 0. The molecule has 0 saturated heterocycles. The van der Waals surface area contributed by atoms with Crippen molar-refractivity contribution in [2.45, 2.75) is 0 Å². The molecule has 0 amide bonds. The summed E-state index contributed by atoms with van der Waals surface area (Å²) in [5.41, 5.74) is 10.8. The van der Waals surface area contributed by atoms with Crippen LogP contribution in [-0.2, 0) is 0 Å². The van der Waals surface area contributed by atoms with Crippen molar-refractivity contribution in [2.75, 3.05) is 0 Å². The lowest BCUT2D eigenvalue weighted by Crippen LogP contribution is -1.99. The van der Waals surface area contributed by atoms with Gasteiger partial charge in [0.2, 0.25) is 0 Å². The Morgan fingerprint density at radius 2 is 0.930 bits per heavy atom. The lowest BCUT2D eigenvalue weighted by Gasteiger charge is -2.14. The molecule has 0 aliphatic heterocycles. The molecule has 0 saturated carbocycles. The Kier molecular flexibility index (Phi) is 7.27. The van der Waals surface area contributed by atoms with Gasteiger partial charge in [0.25, 0.3) is 0 Å². The molecule has 12 rings (SSSR count). The number of thiophene rings is 2. The van der Waals surface area contributed by atoms with E-state index in [0.717, 1.165) is 33.8 Å². The molecule has 266 valence electrons. The van der Waals surface area contributed by atoms with E-state index in [4.69, 9.17) is 9.97 Å². The Hall–Kier alpha value is -6.92. The fourth-order valence-corrected chi connectivity index (χ4v) is 11.0. The van der Waals surface area contributed by atoms with E-state index in [1.807, 2.05) is 22.7 Å². The number of benzene rings is 8. The van der Waals surface area contributed by atoms with Crippen molar-refractivity contribution in [2.24, 2.45) is 0 Å². The molecule has 0 bridgehead atoms. The average Bonchev–Trinajstić information content (AvgIpc) is 3.96. The molecule has 57 heavy (non-hydrogen) atoms. The molecule has 0 spiro atoms. The van der Waals surface area contributed by atoms with Crippen LogP contribution >= 0.6 is 22.7 Å². The third kappa shape index (κ3) is 5.17. The number of aromatic nitrogens is 3. The van der Waals surface area contributed by atoms with E-state index >= 15 is 0 Å². The lowest BCUT2D eigenvalue weighted by atomic mass is 10.0. The van der Waals surface area contributed by atoms with Gasteiger partial charge >= 0.3 is 0 Å². The van der Waals surface area contributed by atoms with Crippen molar-refractivity contribution in [3.05, 3.63) is 188 Å². The van der Waals surface area contributed by atoms with Gasteiger partial charge in [-0.25, -0.2) is 9.97 Å². The van der Waals surface area contributed by atoms with Gasteiger partial charge in [-0.2, -0.15) is 0 Å². The minimum absolute atomic E-state index is 0.714. The molecule has 3 nitrogen and oxygen atoms in total. The highest BCUT2D eigenvalue weighted by Crippen LogP contribution is 2.46. The molecular formula is C52H31N3S2. The first-order valence-corrected chi connectivity index (χ1v) is 20.8. The third-order valence-corrected chi connectivity index (χ3v) is 13.6. The predicted molar refractivity (Wildman–Crippen MR) is 244 cm³/mol. The zero-order valence-corrected chi connectivity index (χ0v) is 32.2. The van der Waals surface area contributed by atoms with Crippen molar-refractivity contribution >= 4 is 84.8 Å². The van der Waals surface area contributed by atoms with Crippen molar-refractivity contribution in [1.82, 2.24) is 14.5 Å². The summed E-state index contributed by atoms with van der Waals surface area (Å²) in [6, 6.07) is 67.6. The largest absolute Gasteiger partial charge is 0.309 e. The van der Waals surface area contributed by atoms with Crippen LogP contribution in [0.25, 0.3) is 113 Å². The van der Waals surface area contributed by atoms with Gasteiger partial charge in [0.15, 0.2) is 5.82 Å². The van der Waals surface area contributed by atoms with Gasteiger partial charge in [-0.1, -0.05) is 146 Å². The summed E-state index contributed by atoms with van der Waals surface area (Å²) in [7, 11) is 0. The van der Waals surface area contributed by atoms with E-state index in [1.165, 1.54) is 73.3 Å². The molecule has 0 unspecified atom stereocenters. The maximum atomic E-state index is 5.37. The van der Waals surface area contributed by atoms with Crippen LogP contribution in [0.15, 0.2) is 188 Å². The van der Waals surface area contributed by atoms with E-state index in [2.05, 4.69) is 193 Å². The molecule has 0 atom stereocenters. The topological polar surface area (TPSA) is 30.7 Å². The van der Waals surface area contributed by atoms with Crippen LogP contribution in [0, 0.1) is 0 Å². The Labute approximate surface area is 336 Å². The van der Waals surface area contributed by atoms with Crippen LogP contribution in [0.5, 0.6) is 0 Å². The molecular weight excluding hydrogens is 731 g/mol. The Morgan fingerprint density at radius 1 is 0.368 bits per heavy atom. The second kappa shape index (κ2) is 12.8. The number of rotatable bonds is 5. The number of nitrogens with zero attached hydrogens (tertiary/aromatic N) is 3. The first-order valence-electron chi connectivity index (χ1n) is 19.1. The van der Waals surface area contributed by atoms with Gasteiger partial charge in [-0.3, -0.25) is 0 Å². The van der Waals surface area contributed by atoms with Gasteiger partial charge in [-0.05, 0) is 53.6 Å². The first-order chi connectivity index (χ1) is 28.2. The van der Waals surface area contributed by atoms with E-state index in [1.54, 1.807) is 0 Å². The van der Waals surface area contributed by atoms with E-state index in [-0.39, 0.29) is 0 Å². The zero-order valence-electron chi connectivity index (χ0n) is 30.6. The Morgan fingerprint density at radius 3 is 1.60 bits per heavy atom. The monoisotopic (exact) mass is 761 g/mol. The second-order valence-electron chi connectivity index (χ2n) is 14.5. The standard InChI is InChI=1S/C52H31N3S2/c1-4-14-32(15-5-1)35-24-25-40-46(28-35)55(45-27-26-39-37-20-10-12-22-47(37)57-51(39)49(40)45)36-29-41-38-21-11-13-23-48(38)56-50(41)42(30-36)52-53-43(33-16-6-2-7-17-33)31-44(54-52)34-18-8-3-9-19-34/h1-31H. The molecule has 5 heteroatoms. The molecule has 0 N–H and O–H groups in total. The van der Waals surface area contributed by atoms with Crippen LogP contribution < -0.4 is 0 Å². The van der Waals surface area contributed by atoms with E-state index in [9.17, 15) is 0 Å². The molecule has 4 aromatic heterocycles. The fraction of sp³-hybridized carbons (Fsp3) is 0. The third-order valence-electron chi connectivity index (χ3n) is 11.2. The summed E-state index contributed by atoms with van der Waals surface area (Å²) >= 11 is 3.70. The predicted octanol–water partition coefficient (Wildman–Crippen LogP) is 15.0. The summed E-state index contributed by atoms with van der Waals surface area (Å²) in [5, 5.41) is 7.57. The molecule has 0 aliphatic rings. The fourth-order valence-electron chi connectivity index (χ4n) is 8.56. The van der Waals surface area contributed by atoms with Gasteiger partial charge < -0.3 is 4.57 Å². The zero-order chi connectivity index (χ0) is 37.5. The number of hydrogen-bond donors (Lipinski definition) is 0. The van der Waals surface area contributed by atoms with Crippen molar-refractivity contribution < 1.29 is 0 Å². The second-order valence-corrected chi connectivity index (χ2v) is 16.6. The quantitative estimate of drug-likeness (QED) is 0.175. The van der Waals surface area contributed by atoms with Crippen LogP contribution in [0.1, 0.15) is 0 Å². The highest BCUT2D eigenvalue weighted by atomic mass is 32.1. The highest BCUT2D eigenvalue weighted by molar-refractivity contribution is 7.27. The summed E-state index contributed by atoms with van der Waals surface area (Å²) in [4.78, 5) is 10.7. The molecule has 0 aliphatic carbocycles. The van der Waals surface area contributed by atoms with Crippen molar-refractivity contribution in [1.29, 1.82) is 0 Å². The molecule has 12 aromatic rings. The van der Waals surface area contributed by atoms with Gasteiger partial charge in [0, 0.05) is 73.5 Å². The SMILES string of the molecule is c1ccc(-c2ccc3c4c5sc6ccccc6c5ccc4n(-c4cc(-c5nc(-c6ccccc6)cc(-c6ccccc6)n5)c5sc6ccccc6c5c4)c3c2)cc1. The van der Waals surface area contributed by atoms with Crippen LogP contribution in [-0.4, -0.2) is 14.5 Å². The first kappa shape index (κ1) is 32.3. The lowest BCUT2D eigenvalue weighted by molar-refractivity contribution is 1.17. The number of hydrogen-bond acceptors (Lipinski definition) is 4. The normalized spacial score (nSPS) is 11.9. The molecule has 0 radical (unpaired) electrons. The van der Waals surface area contributed by atoms with Crippen LogP contribution in [0.4, 0.5) is 0 Å². The van der Waals surface area contributed by atoms with Crippen LogP contribution in [0.3, 0.4) is 0 Å². The molecule has 8 aromatic carbocycles. The summed E-state index contributed by atoms with van der Waals surface area (Å²) in [6.07, 6.45) is 0. The Balaban J connectivity index is 1.20. The Bertz CT molecular complexity index is 3450. The molecule has 4 heterocycles. The van der Waals surface area contributed by atoms with Crippen LogP contribution in [0.2, 0.25) is 0 Å². The van der Waals surface area contributed by atoms with E-state index < -0.39 is 0 Å². The summed E-state index contributed by atoms with van der Waals surface area (Å²) < 4.78 is 7.53. The maximum Gasteiger partial charge on any atom is 0.161 e. The van der Waals surface area contributed by atoms with Gasteiger partial charge in [-0.15, -0.1) is 22.7 Å². The van der Waals surface area contributed by atoms with E-state index in [0.29, 0.717) is 5.82 Å². The highest BCUT2D eigenvalue weighted by Gasteiger charge is 2.22. The smallest absolute Gasteiger partial charge is 0.161 e. The average molecular weight is 762 g/mol. The van der Waals surface area contributed by atoms with Crippen molar-refractivity contribution in [3.63, 3.8) is 0 Å². The molecule has 0 fully saturated rings. The number of fused-ring (bicyclic) bond motifs is 10. The summed E-state index contributed by atoms with van der Waals surface area (Å²) in [5.74, 6) is 0.714. The van der Waals surface area contributed by atoms with Gasteiger partial charge in [0.05, 0.1) is 22.4 Å². The minimum atomic E-state index is 0.714. The minimum Gasteiger partial charge on any atom is -0.309 e. The van der Waals surface area contributed by atoms with Gasteiger partial charge in [0.1, 0.15) is 0 Å². The van der Waals surface area contributed by atoms with Crippen molar-refractivity contribution in [3.8, 4) is 50.7 Å². The maximum absolute atomic E-state index is 5.37.